The molecule has 0 aromatic rings. The van der Waals surface area contributed by atoms with Crippen LogP contribution < -0.4 is 0 Å². The van der Waals surface area contributed by atoms with Gasteiger partial charge in [-0.05, 0) is 32.3 Å². The Kier molecular flexibility index (Phi) is 9.68. The lowest BCUT2D eigenvalue weighted by atomic mass is 9.75. The zero-order chi connectivity index (χ0) is 25.7. The fourth-order valence-electron chi connectivity index (χ4n) is 5.00. The van der Waals surface area contributed by atoms with Gasteiger partial charge in [-0.3, -0.25) is 9.59 Å². The second-order valence-electron chi connectivity index (χ2n) is 11.0. The van der Waals surface area contributed by atoms with Gasteiger partial charge in [-0.25, -0.2) is 0 Å². The van der Waals surface area contributed by atoms with Gasteiger partial charge in [-0.15, -0.1) is 0 Å². The standard InChI is InChI=1S/C27H44O7/c1-7-8-9-11-21-12-10-13-22(29)25(4,5)24(31)18(2)14-19(3)26(6)15-20(28)16-27(32,34-26)17-23(30)33-21/h10,13-14,18,20-22,28-29,32H,7-9,11-12,15-17H2,1-6H3/b13-10+,19-14+/t18-,20-,21+,22+,26-,27+/m0/s1. The number of rotatable bonds is 4. The molecule has 0 radical (unpaired) electrons. The lowest BCUT2D eigenvalue weighted by Gasteiger charge is -2.46. The molecule has 1 fully saturated rings. The number of aliphatic hydroxyl groups is 3. The van der Waals surface area contributed by atoms with Gasteiger partial charge in [0.05, 0.1) is 29.6 Å². The van der Waals surface area contributed by atoms with E-state index in [0.717, 1.165) is 19.3 Å². The molecule has 7 heteroatoms. The third-order valence-electron chi connectivity index (χ3n) is 7.28. The lowest BCUT2D eigenvalue weighted by Crippen LogP contribution is -2.53. The fourth-order valence-corrected chi connectivity index (χ4v) is 5.00. The zero-order valence-electron chi connectivity index (χ0n) is 21.7. The Morgan fingerprint density at radius 2 is 1.79 bits per heavy atom. The summed E-state index contributed by atoms with van der Waals surface area (Å²) in [4.78, 5) is 26.1. The number of Topliss-reactive ketones (excluding diaryl/α,β-unsaturated/α-hetero) is 1. The molecule has 34 heavy (non-hydrogen) atoms. The zero-order valence-corrected chi connectivity index (χ0v) is 21.7. The summed E-state index contributed by atoms with van der Waals surface area (Å²) in [6.07, 6.45) is 6.52. The van der Waals surface area contributed by atoms with Crippen LogP contribution in [0.2, 0.25) is 0 Å². The predicted octanol–water partition coefficient (Wildman–Crippen LogP) is 3.99. The largest absolute Gasteiger partial charge is 0.462 e. The van der Waals surface area contributed by atoms with E-state index >= 15 is 0 Å². The van der Waals surface area contributed by atoms with Crippen LogP contribution in [0.25, 0.3) is 0 Å². The van der Waals surface area contributed by atoms with Crippen molar-refractivity contribution in [2.75, 3.05) is 0 Å². The second kappa shape index (κ2) is 11.5. The maximum Gasteiger partial charge on any atom is 0.311 e. The Balaban J connectivity index is 2.43. The van der Waals surface area contributed by atoms with Crippen molar-refractivity contribution in [3.05, 3.63) is 23.8 Å². The molecule has 0 spiro atoms. The molecule has 0 aromatic heterocycles. The third kappa shape index (κ3) is 7.23. The number of carbonyl (C=O) groups excluding carboxylic acids is 2. The van der Waals surface area contributed by atoms with Gasteiger partial charge < -0.3 is 24.8 Å². The van der Waals surface area contributed by atoms with Crippen LogP contribution in [0.1, 0.15) is 92.9 Å². The molecule has 3 N–H and O–H groups in total. The average molecular weight is 481 g/mol. The van der Waals surface area contributed by atoms with Crippen molar-refractivity contribution in [1.29, 1.82) is 0 Å². The fraction of sp³-hybridized carbons (Fsp3) is 0.778. The molecule has 2 heterocycles. The first-order valence-corrected chi connectivity index (χ1v) is 12.6. The molecule has 2 rings (SSSR count). The molecule has 0 aromatic carbocycles. The van der Waals surface area contributed by atoms with Gasteiger partial charge in [0.2, 0.25) is 0 Å². The molecular formula is C27H44O7. The minimum atomic E-state index is -1.87. The molecule has 0 amide bonds. The van der Waals surface area contributed by atoms with Crippen LogP contribution in [-0.2, 0) is 19.1 Å². The smallest absolute Gasteiger partial charge is 0.311 e. The van der Waals surface area contributed by atoms with Crippen molar-refractivity contribution in [2.24, 2.45) is 11.3 Å². The van der Waals surface area contributed by atoms with Crippen LogP contribution in [-0.4, -0.2) is 56.8 Å². The average Bonchev–Trinajstić information content (AvgIpc) is 2.70. The van der Waals surface area contributed by atoms with Crippen molar-refractivity contribution in [1.82, 2.24) is 0 Å². The highest BCUT2D eigenvalue weighted by Crippen LogP contribution is 2.41. The Morgan fingerprint density at radius 3 is 2.44 bits per heavy atom. The quantitative estimate of drug-likeness (QED) is 0.317. The summed E-state index contributed by atoms with van der Waals surface area (Å²) in [5.74, 6) is -3.11. The van der Waals surface area contributed by atoms with Crippen molar-refractivity contribution in [2.45, 2.75) is 123 Å². The Bertz CT molecular complexity index is 786. The number of ketones is 1. The molecular weight excluding hydrogens is 436 g/mol. The number of allylic oxidation sites excluding steroid dienone is 1. The Labute approximate surface area is 204 Å². The van der Waals surface area contributed by atoms with E-state index in [1.165, 1.54) is 0 Å². The lowest BCUT2D eigenvalue weighted by molar-refractivity contribution is -0.295. The molecule has 6 atom stereocenters. The SMILES string of the molecule is CCCCC[C@@H]1C/C=C/[C@@H](O)C(C)(C)C(=O)[C@@H](C)/C=C(\C)[C@]2(C)C[C@H](O)C[C@](O)(CC(=O)O1)O2. The minimum Gasteiger partial charge on any atom is -0.462 e. The first kappa shape index (κ1) is 28.7. The van der Waals surface area contributed by atoms with Crippen LogP contribution in [0.15, 0.2) is 23.8 Å². The van der Waals surface area contributed by atoms with Crippen LogP contribution in [0.3, 0.4) is 0 Å². The highest BCUT2D eigenvalue weighted by Gasteiger charge is 2.48. The monoisotopic (exact) mass is 480 g/mol. The summed E-state index contributed by atoms with van der Waals surface area (Å²) in [5.41, 5.74) is -1.43. The molecule has 7 nitrogen and oxygen atoms in total. The van der Waals surface area contributed by atoms with Crippen molar-refractivity contribution < 1.29 is 34.4 Å². The molecule has 2 aliphatic rings. The van der Waals surface area contributed by atoms with Crippen molar-refractivity contribution in [3.63, 3.8) is 0 Å². The summed E-state index contributed by atoms with van der Waals surface area (Å²) in [6.45, 7) is 10.8. The third-order valence-corrected chi connectivity index (χ3v) is 7.28. The van der Waals surface area contributed by atoms with E-state index in [-0.39, 0.29) is 18.6 Å². The highest BCUT2D eigenvalue weighted by atomic mass is 16.6. The number of unbranched alkanes of at least 4 members (excludes halogenated alkanes) is 2. The maximum atomic E-state index is 13.3. The van der Waals surface area contributed by atoms with Gasteiger partial charge in [0.1, 0.15) is 11.9 Å². The van der Waals surface area contributed by atoms with Crippen molar-refractivity contribution >= 4 is 11.8 Å². The van der Waals surface area contributed by atoms with Gasteiger partial charge in [-0.1, -0.05) is 58.8 Å². The van der Waals surface area contributed by atoms with Crippen LogP contribution >= 0.6 is 0 Å². The summed E-state index contributed by atoms with van der Waals surface area (Å²) in [6, 6.07) is 0. The van der Waals surface area contributed by atoms with E-state index < -0.39 is 53.4 Å². The van der Waals surface area contributed by atoms with Crippen LogP contribution in [0, 0.1) is 11.3 Å². The Morgan fingerprint density at radius 1 is 1.12 bits per heavy atom. The topological polar surface area (TPSA) is 113 Å². The summed E-state index contributed by atoms with van der Waals surface area (Å²) >= 11 is 0. The van der Waals surface area contributed by atoms with E-state index in [0.29, 0.717) is 18.4 Å². The number of fused-ring (bicyclic) bond motifs is 2. The number of cyclic esters (lactones) is 1. The summed E-state index contributed by atoms with van der Waals surface area (Å²) in [5, 5.41) is 32.5. The first-order valence-electron chi connectivity index (χ1n) is 12.6. The number of hydrogen-bond donors (Lipinski definition) is 3. The first-order chi connectivity index (χ1) is 15.7. The molecule has 194 valence electrons. The Hall–Kier alpha value is -1.54. The number of esters is 1. The molecule has 0 saturated carbocycles. The van der Waals surface area contributed by atoms with Gasteiger partial charge in [0.25, 0.3) is 0 Å². The molecule has 0 aliphatic carbocycles. The highest BCUT2D eigenvalue weighted by molar-refractivity contribution is 5.88. The minimum absolute atomic E-state index is 0.0981. The van der Waals surface area contributed by atoms with E-state index in [1.807, 2.05) is 0 Å². The molecule has 2 aliphatic heterocycles. The predicted molar refractivity (Wildman–Crippen MR) is 130 cm³/mol. The second-order valence-corrected chi connectivity index (χ2v) is 11.0. The van der Waals surface area contributed by atoms with E-state index in [4.69, 9.17) is 9.47 Å². The number of ether oxygens (including phenoxy) is 2. The van der Waals surface area contributed by atoms with E-state index in [1.54, 1.807) is 52.8 Å². The van der Waals surface area contributed by atoms with E-state index in [2.05, 4.69) is 6.92 Å². The van der Waals surface area contributed by atoms with Gasteiger partial charge in [0.15, 0.2) is 5.79 Å². The molecule has 1 saturated heterocycles. The van der Waals surface area contributed by atoms with Crippen LogP contribution in [0.5, 0.6) is 0 Å². The number of hydrogen-bond acceptors (Lipinski definition) is 7. The normalized spacial score (nSPS) is 40.2. The van der Waals surface area contributed by atoms with Crippen LogP contribution in [0.4, 0.5) is 0 Å². The van der Waals surface area contributed by atoms with Crippen molar-refractivity contribution in [3.8, 4) is 0 Å². The summed E-state index contributed by atoms with van der Waals surface area (Å²) < 4.78 is 11.8. The number of carbonyl (C=O) groups is 2. The van der Waals surface area contributed by atoms with E-state index in [9.17, 15) is 24.9 Å². The van der Waals surface area contributed by atoms with Gasteiger partial charge >= 0.3 is 5.97 Å². The maximum absolute atomic E-state index is 13.3. The van der Waals surface area contributed by atoms with Gasteiger partial charge in [-0.2, -0.15) is 0 Å². The van der Waals surface area contributed by atoms with Gasteiger partial charge in [0, 0.05) is 25.2 Å². The summed E-state index contributed by atoms with van der Waals surface area (Å²) in [7, 11) is 0. The molecule has 2 bridgehead atoms. The number of aliphatic hydroxyl groups excluding tert-OH is 2. The molecule has 0 unspecified atom stereocenters.